The Balaban J connectivity index is 1.61. The van der Waals surface area contributed by atoms with Gasteiger partial charge in [-0.1, -0.05) is 54.6 Å². The van der Waals surface area contributed by atoms with Gasteiger partial charge in [0, 0.05) is 5.69 Å². The fraction of sp³-hybridized carbons (Fsp3) is 0.0909. The molecule has 4 heteroatoms. The molecule has 0 aliphatic carbocycles. The molecule has 0 unspecified atom stereocenters. The number of benzene rings is 3. The number of carbonyl (C=O) groups excluding carboxylic acids is 1. The van der Waals surface area contributed by atoms with Gasteiger partial charge in [-0.3, -0.25) is 4.79 Å². The van der Waals surface area contributed by atoms with E-state index in [2.05, 4.69) is 5.32 Å². The standard InChI is InChI=1S/C22H18N2O2/c23-15-14-22(25)24-20-10-6-18(7-11-20)19-8-12-21(13-9-19)26-16-17-4-2-1-3-5-17/h1-13H,14,16H2,(H,24,25). The quantitative estimate of drug-likeness (QED) is 0.701. The van der Waals surface area contributed by atoms with Crippen molar-refractivity contribution in [2.45, 2.75) is 13.0 Å². The number of carbonyl (C=O) groups is 1. The van der Waals surface area contributed by atoms with Crippen molar-refractivity contribution in [3.05, 3.63) is 84.4 Å². The molecule has 4 nitrogen and oxygen atoms in total. The number of amides is 1. The molecule has 128 valence electrons. The van der Waals surface area contributed by atoms with Crippen LogP contribution in [0.2, 0.25) is 0 Å². The lowest BCUT2D eigenvalue weighted by atomic mass is 10.1. The molecule has 0 saturated heterocycles. The molecule has 3 aromatic rings. The fourth-order valence-electron chi connectivity index (χ4n) is 2.51. The number of ether oxygens (including phenoxy) is 1. The predicted octanol–water partition coefficient (Wildman–Crippen LogP) is 4.78. The first-order valence-electron chi connectivity index (χ1n) is 8.28. The first-order chi connectivity index (χ1) is 12.7. The Hall–Kier alpha value is -3.58. The first kappa shape index (κ1) is 17.2. The largest absolute Gasteiger partial charge is 0.489 e. The molecule has 0 fully saturated rings. The third-order valence-electron chi connectivity index (χ3n) is 3.84. The predicted molar refractivity (Wildman–Crippen MR) is 102 cm³/mol. The van der Waals surface area contributed by atoms with Gasteiger partial charge in [0.2, 0.25) is 5.91 Å². The summed E-state index contributed by atoms with van der Waals surface area (Å²) in [4.78, 5) is 11.4. The Morgan fingerprint density at radius 1 is 0.885 bits per heavy atom. The van der Waals surface area contributed by atoms with E-state index in [-0.39, 0.29) is 12.3 Å². The van der Waals surface area contributed by atoms with Gasteiger partial charge in [0.1, 0.15) is 18.8 Å². The average molecular weight is 342 g/mol. The topological polar surface area (TPSA) is 62.1 Å². The molecule has 1 amide bonds. The highest BCUT2D eigenvalue weighted by Crippen LogP contribution is 2.24. The van der Waals surface area contributed by atoms with E-state index in [0.717, 1.165) is 22.4 Å². The number of nitriles is 1. The van der Waals surface area contributed by atoms with E-state index in [9.17, 15) is 4.79 Å². The van der Waals surface area contributed by atoms with E-state index in [0.29, 0.717) is 12.3 Å². The van der Waals surface area contributed by atoms with Gasteiger partial charge in [0.05, 0.1) is 6.07 Å². The van der Waals surface area contributed by atoms with Crippen molar-refractivity contribution >= 4 is 11.6 Å². The molecule has 0 atom stereocenters. The number of nitrogens with zero attached hydrogens (tertiary/aromatic N) is 1. The van der Waals surface area contributed by atoms with Crippen molar-refractivity contribution in [2.24, 2.45) is 0 Å². The minimum Gasteiger partial charge on any atom is -0.489 e. The Bertz CT molecular complexity index is 896. The van der Waals surface area contributed by atoms with Crippen LogP contribution in [-0.2, 0) is 11.4 Å². The molecule has 3 aromatic carbocycles. The van der Waals surface area contributed by atoms with Crippen molar-refractivity contribution in [1.29, 1.82) is 5.26 Å². The SMILES string of the molecule is N#CCC(=O)Nc1ccc(-c2ccc(OCc3ccccc3)cc2)cc1. The number of nitrogens with one attached hydrogen (secondary N) is 1. The third-order valence-corrected chi connectivity index (χ3v) is 3.84. The van der Waals surface area contributed by atoms with Gasteiger partial charge in [-0.2, -0.15) is 5.26 Å². The molecule has 0 bridgehead atoms. The molecular formula is C22H18N2O2. The summed E-state index contributed by atoms with van der Waals surface area (Å²) in [6, 6.07) is 27.3. The molecule has 0 aliphatic heterocycles. The lowest BCUT2D eigenvalue weighted by Gasteiger charge is -2.08. The number of rotatable bonds is 6. The van der Waals surface area contributed by atoms with Gasteiger partial charge < -0.3 is 10.1 Å². The van der Waals surface area contributed by atoms with Crippen molar-refractivity contribution in [3.63, 3.8) is 0 Å². The molecule has 0 saturated carbocycles. The molecule has 3 rings (SSSR count). The van der Waals surface area contributed by atoms with Crippen LogP contribution in [0.15, 0.2) is 78.9 Å². The molecule has 0 spiro atoms. The molecular weight excluding hydrogens is 324 g/mol. The lowest BCUT2D eigenvalue weighted by Crippen LogP contribution is -2.09. The van der Waals surface area contributed by atoms with Crippen LogP contribution in [0, 0.1) is 11.3 Å². The van der Waals surface area contributed by atoms with Gasteiger partial charge in [0.25, 0.3) is 0 Å². The molecule has 0 heterocycles. The summed E-state index contributed by atoms with van der Waals surface area (Å²) in [7, 11) is 0. The van der Waals surface area contributed by atoms with E-state index < -0.39 is 0 Å². The second-order valence-corrected chi connectivity index (χ2v) is 5.76. The lowest BCUT2D eigenvalue weighted by molar-refractivity contribution is -0.115. The van der Waals surface area contributed by atoms with E-state index in [1.807, 2.05) is 84.9 Å². The van der Waals surface area contributed by atoms with Gasteiger partial charge in [0.15, 0.2) is 0 Å². The van der Waals surface area contributed by atoms with E-state index in [4.69, 9.17) is 10.00 Å². The third kappa shape index (κ3) is 4.71. The number of hydrogen-bond acceptors (Lipinski definition) is 3. The van der Waals surface area contributed by atoms with Crippen molar-refractivity contribution in [1.82, 2.24) is 0 Å². The van der Waals surface area contributed by atoms with Crippen LogP contribution in [-0.4, -0.2) is 5.91 Å². The summed E-state index contributed by atoms with van der Waals surface area (Å²) in [5, 5.41) is 11.2. The van der Waals surface area contributed by atoms with Crippen LogP contribution < -0.4 is 10.1 Å². The van der Waals surface area contributed by atoms with Crippen LogP contribution in [0.25, 0.3) is 11.1 Å². The normalized spacial score (nSPS) is 9.96. The van der Waals surface area contributed by atoms with E-state index in [1.54, 1.807) is 0 Å². The molecule has 0 aliphatic rings. The molecule has 1 N–H and O–H groups in total. The summed E-state index contributed by atoms with van der Waals surface area (Å²) >= 11 is 0. The minimum atomic E-state index is -0.305. The zero-order valence-corrected chi connectivity index (χ0v) is 14.2. The maximum absolute atomic E-state index is 11.4. The van der Waals surface area contributed by atoms with Crippen LogP contribution in [0.5, 0.6) is 5.75 Å². The summed E-state index contributed by atoms with van der Waals surface area (Å²) in [5.74, 6) is 0.512. The summed E-state index contributed by atoms with van der Waals surface area (Å²) in [5.41, 5.74) is 3.91. The highest BCUT2D eigenvalue weighted by molar-refractivity contribution is 5.92. The Morgan fingerprint density at radius 2 is 1.50 bits per heavy atom. The second-order valence-electron chi connectivity index (χ2n) is 5.76. The van der Waals surface area contributed by atoms with E-state index >= 15 is 0 Å². The van der Waals surface area contributed by atoms with Crippen molar-refractivity contribution in [3.8, 4) is 22.9 Å². The van der Waals surface area contributed by atoms with Crippen LogP contribution in [0.1, 0.15) is 12.0 Å². The van der Waals surface area contributed by atoms with Crippen molar-refractivity contribution in [2.75, 3.05) is 5.32 Å². The highest BCUT2D eigenvalue weighted by Gasteiger charge is 2.03. The summed E-state index contributed by atoms with van der Waals surface area (Å²) < 4.78 is 5.79. The fourth-order valence-corrected chi connectivity index (χ4v) is 2.51. The molecule has 0 aromatic heterocycles. The Morgan fingerprint density at radius 3 is 2.12 bits per heavy atom. The average Bonchev–Trinajstić information content (AvgIpc) is 2.68. The van der Waals surface area contributed by atoms with Crippen LogP contribution >= 0.6 is 0 Å². The van der Waals surface area contributed by atoms with Gasteiger partial charge in [-0.25, -0.2) is 0 Å². The maximum atomic E-state index is 11.4. The monoisotopic (exact) mass is 342 g/mol. The van der Waals surface area contributed by atoms with Gasteiger partial charge in [-0.05, 0) is 41.0 Å². The molecule has 26 heavy (non-hydrogen) atoms. The summed E-state index contributed by atoms with van der Waals surface area (Å²) in [6.07, 6.45) is -0.147. The van der Waals surface area contributed by atoms with E-state index in [1.165, 1.54) is 0 Å². The number of hydrogen-bond donors (Lipinski definition) is 1. The smallest absolute Gasteiger partial charge is 0.238 e. The second kappa shape index (κ2) is 8.50. The zero-order valence-electron chi connectivity index (χ0n) is 14.2. The Labute approximate surface area is 152 Å². The van der Waals surface area contributed by atoms with Crippen molar-refractivity contribution < 1.29 is 9.53 Å². The van der Waals surface area contributed by atoms with Gasteiger partial charge >= 0.3 is 0 Å². The summed E-state index contributed by atoms with van der Waals surface area (Å²) in [6.45, 7) is 0.539. The minimum absolute atomic E-state index is 0.147. The zero-order chi connectivity index (χ0) is 18.2. The first-order valence-corrected chi connectivity index (χ1v) is 8.28. The van der Waals surface area contributed by atoms with Crippen LogP contribution in [0.3, 0.4) is 0 Å². The highest BCUT2D eigenvalue weighted by atomic mass is 16.5. The maximum Gasteiger partial charge on any atom is 0.238 e. The Kier molecular flexibility index (Phi) is 5.64. The van der Waals surface area contributed by atoms with Crippen LogP contribution in [0.4, 0.5) is 5.69 Å². The van der Waals surface area contributed by atoms with Gasteiger partial charge in [-0.15, -0.1) is 0 Å². The molecule has 0 radical (unpaired) electrons. The number of anilines is 1.